The van der Waals surface area contributed by atoms with Crippen molar-refractivity contribution in [2.24, 2.45) is 5.10 Å². The third-order valence-electron chi connectivity index (χ3n) is 5.44. The molecule has 0 aromatic heterocycles. The normalized spacial score (nSPS) is 19.4. The number of hydrogen-bond acceptors (Lipinski definition) is 4. The van der Waals surface area contributed by atoms with Gasteiger partial charge in [-0.2, -0.15) is 36.5 Å². The second kappa shape index (κ2) is 8.36. The van der Waals surface area contributed by atoms with Crippen molar-refractivity contribution in [2.75, 3.05) is 6.61 Å². The van der Waals surface area contributed by atoms with Crippen LogP contribution in [0.1, 0.15) is 31.4 Å². The highest BCUT2D eigenvalue weighted by atomic mass is 19.4. The maximum Gasteiger partial charge on any atom is 0.438 e. The van der Waals surface area contributed by atoms with Crippen LogP contribution in [0.5, 0.6) is 5.75 Å². The first-order valence-electron chi connectivity index (χ1n) is 9.72. The summed E-state index contributed by atoms with van der Waals surface area (Å²) in [6.07, 6.45) is -12.7. The van der Waals surface area contributed by atoms with Crippen LogP contribution in [0.3, 0.4) is 0 Å². The largest absolute Gasteiger partial charge is 0.484 e. The Labute approximate surface area is 185 Å². The molecule has 2 aromatic carbocycles. The van der Waals surface area contributed by atoms with E-state index in [4.69, 9.17) is 4.74 Å². The van der Waals surface area contributed by atoms with E-state index in [1.54, 1.807) is 12.1 Å². The van der Waals surface area contributed by atoms with Crippen molar-refractivity contribution >= 4 is 11.6 Å². The summed E-state index contributed by atoms with van der Waals surface area (Å²) >= 11 is 0. The van der Waals surface area contributed by atoms with Gasteiger partial charge in [-0.15, -0.1) is 0 Å². The fraction of sp³-hybridized carbons (Fsp3) is 0.364. The van der Waals surface area contributed by atoms with Gasteiger partial charge in [0.1, 0.15) is 11.5 Å². The number of carbonyl (C=O) groups excluding carboxylic acids is 1. The molecule has 1 N–H and O–H groups in total. The van der Waals surface area contributed by atoms with Crippen LogP contribution in [0, 0.1) is 0 Å². The SMILES string of the molecule is CC(C)(c1ccccc1)c1ccc(OCC(=O)N2N=C(C(F)(F)F)C[C@]2(O)C(F)(F)F)cc1. The van der Waals surface area contributed by atoms with Crippen molar-refractivity contribution in [1.29, 1.82) is 0 Å². The van der Waals surface area contributed by atoms with Gasteiger partial charge >= 0.3 is 12.4 Å². The van der Waals surface area contributed by atoms with Crippen molar-refractivity contribution in [1.82, 2.24) is 5.01 Å². The summed E-state index contributed by atoms with van der Waals surface area (Å²) in [6, 6.07) is 16.0. The number of rotatable bonds is 5. The van der Waals surface area contributed by atoms with Gasteiger partial charge in [0.05, 0.1) is 6.42 Å². The predicted octanol–water partition coefficient (Wildman–Crippen LogP) is 4.79. The van der Waals surface area contributed by atoms with Crippen molar-refractivity contribution in [3.8, 4) is 5.75 Å². The van der Waals surface area contributed by atoms with E-state index in [1.807, 2.05) is 44.2 Å². The van der Waals surface area contributed by atoms with Crippen LogP contribution < -0.4 is 4.74 Å². The molecule has 0 radical (unpaired) electrons. The number of amides is 1. The molecule has 0 bridgehead atoms. The first kappa shape index (κ1) is 24.6. The van der Waals surface area contributed by atoms with E-state index in [0.717, 1.165) is 11.1 Å². The van der Waals surface area contributed by atoms with Gasteiger partial charge in [-0.3, -0.25) is 4.79 Å². The molecule has 1 amide bonds. The lowest BCUT2D eigenvalue weighted by atomic mass is 9.78. The molecule has 178 valence electrons. The minimum atomic E-state index is -5.57. The lowest BCUT2D eigenvalue weighted by Crippen LogP contribution is -2.57. The molecule has 33 heavy (non-hydrogen) atoms. The summed E-state index contributed by atoms with van der Waals surface area (Å²) in [4.78, 5) is 12.2. The Bertz CT molecular complexity index is 1030. The molecule has 2 aromatic rings. The number of alkyl halides is 6. The minimum absolute atomic E-state index is 0.103. The van der Waals surface area contributed by atoms with E-state index in [2.05, 4.69) is 5.10 Å². The molecule has 0 fully saturated rings. The van der Waals surface area contributed by atoms with Gasteiger partial charge in [-0.05, 0) is 23.3 Å². The monoisotopic (exact) mass is 474 g/mol. The average Bonchev–Trinajstić information content (AvgIpc) is 3.12. The number of aliphatic hydroxyl groups is 1. The molecule has 1 atom stereocenters. The average molecular weight is 474 g/mol. The van der Waals surface area contributed by atoms with Crippen LogP contribution in [0.15, 0.2) is 59.7 Å². The van der Waals surface area contributed by atoms with Gasteiger partial charge in [0, 0.05) is 5.41 Å². The molecule has 1 aliphatic rings. The quantitative estimate of drug-likeness (QED) is 0.634. The highest BCUT2D eigenvalue weighted by Gasteiger charge is 2.66. The summed E-state index contributed by atoms with van der Waals surface area (Å²) in [5, 5.41) is 11.9. The van der Waals surface area contributed by atoms with Gasteiger partial charge in [0.2, 0.25) is 0 Å². The Morgan fingerprint density at radius 2 is 1.55 bits per heavy atom. The Morgan fingerprint density at radius 1 is 1.00 bits per heavy atom. The standard InChI is InChI=1S/C22H20F6N2O3/c1-19(2,14-6-4-3-5-7-14)15-8-10-16(11-9-15)33-13-18(31)30-20(32,22(26,27)28)12-17(29-30)21(23,24)25/h3-11,32H,12-13H2,1-2H3/t20-/m0/s1. The first-order chi connectivity index (χ1) is 15.2. The van der Waals surface area contributed by atoms with E-state index >= 15 is 0 Å². The van der Waals surface area contributed by atoms with Crippen molar-refractivity contribution < 1.29 is 41.0 Å². The second-order valence-corrected chi connectivity index (χ2v) is 8.05. The van der Waals surface area contributed by atoms with E-state index in [-0.39, 0.29) is 11.2 Å². The molecular weight excluding hydrogens is 454 g/mol. The number of hydrogen-bond donors (Lipinski definition) is 1. The Balaban J connectivity index is 1.74. The van der Waals surface area contributed by atoms with E-state index in [0.29, 0.717) is 0 Å². The zero-order valence-electron chi connectivity index (χ0n) is 17.5. The molecular formula is C22H20F6N2O3. The molecule has 5 nitrogen and oxygen atoms in total. The third kappa shape index (κ3) is 4.82. The second-order valence-electron chi connectivity index (χ2n) is 8.05. The minimum Gasteiger partial charge on any atom is -0.484 e. The first-order valence-corrected chi connectivity index (χ1v) is 9.72. The van der Waals surface area contributed by atoms with Crippen LogP contribution >= 0.6 is 0 Å². The van der Waals surface area contributed by atoms with Crippen LogP contribution in [0.2, 0.25) is 0 Å². The predicted molar refractivity (Wildman–Crippen MR) is 106 cm³/mol. The summed E-state index contributed by atoms with van der Waals surface area (Å²) in [6.45, 7) is 2.92. The highest BCUT2D eigenvalue weighted by Crippen LogP contribution is 2.43. The van der Waals surface area contributed by atoms with Gasteiger partial charge in [-0.25, -0.2) is 0 Å². The number of benzene rings is 2. The summed E-state index contributed by atoms with van der Waals surface area (Å²) < 4.78 is 83.5. The zero-order valence-corrected chi connectivity index (χ0v) is 17.5. The van der Waals surface area contributed by atoms with Crippen molar-refractivity contribution in [3.63, 3.8) is 0 Å². The van der Waals surface area contributed by atoms with E-state index < -0.39 is 47.7 Å². The van der Waals surface area contributed by atoms with Gasteiger partial charge in [-0.1, -0.05) is 56.3 Å². The van der Waals surface area contributed by atoms with Gasteiger partial charge < -0.3 is 9.84 Å². The van der Waals surface area contributed by atoms with Crippen LogP contribution in [0.25, 0.3) is 0 Å². The number of carbonyl (C=O) groups is 1. The van der Waals surface area contributed by atoms with E-state index in [9.17, 15) is 36.2 Å². The molecule has 0 saturated heterocycles. The highest BCUT2D eigenvalue weighted by molar-refractivity contribution is 5.94. The number of ether oxygens (including phenoxy) is 1. The third-order valence-corrected chi connectivity index (χ3v) is 5.44. The molecule has 1 heterocycles. The topological polar surface area (TPSA) is 62.1 Å². The van der Waals surface area contributed by atoms with Crippen molar-refractivity contribution in [3.05, 3.63) is 65.7 Å². The lowest BCUT2D eigenvalue weighted by Gasteiger charge is -2.32. The summed E-state index contributed by atoms with van der Waals surface area (Å²) in [5.41, 5.74) is -4.48. The zero-order chi connectivity index (χ0) is 24.7. The Morgan fingerprint density at radius 3 is 2.06 bits per heavy atom. The van der Waals surface area contributed by atoms with Gasteiger partial charge in [0.25, 0.3) is 11.6 Å². The summed E-state index contributed by atoms with van der Waals surface area (Å²) in [5.74, 6) is -1.48. The molecule has 0 saturated carbocycles. The molecule has 3 rings (SSSR count). The molecule has 1 aliphatic heterocycles. The Hall–Kier alpha value is -3.08. The van der Waals surface area contributed by atoms with Crippen LogP contribution in [-0.2, 0) is 10.2 Å². The lowest BCUT2D eigenvalue weighted by molar-refractivity contribution is -0.302. The molecule has 0 aliphatic carbocycles. The molecule has 0 spiro atoms. The van der Waals surface area contributed by atoms with Gasteiger partial charge in [0.15, 0.2) is 6.61 Å². The number of hydrazone groups is 1. The smallest absolute Gasteiger partial charge is 0.438 e. The summed E-state index contributed by atoms with van der Waals surface area (Å²) in [7, 11) is 0. The van der Waals surface area contributed by atoms with Crippen molar-refractivity contribution in [2.45, 2.75) is 43.8 Å². The molecule has 11 heteroatoms. The number of halogens is 6. The van der Waals surface area contributed by atoms with Crippen LogP contribution in [-0.4, -0.2) is 46.4 Å². The van der Waals surface area contributed by atoms with E-state index in [1.165, 1.54) is 12.1 Å². The van der Waals surface area contributed by atoms with Crippen LogP contribution in [0.4, 0.5) is 26.3 Å². The maximum absolute atomic E-state index is 13.3. The molecule has 0 unspecified atom stereocenters. The fourth-order valence-corrected chi connectivity index (χ4v) is 3.38. The number of nitrogens with zero attached hydrogens (tertiary/aromatic N) is 2. The Kier molecular flexibility index (Phi) is 6.22. The fourth-order valence-electron chi connectivity index (χ4n) is 3.38. The maximum atomic E-state index is 13.3.